The molecule has 0 rings (SSSR count). The van der Waals surface area contributed by atoms with E-state index in [2.05, 4.69) is 20.7 Å². The van der Waals surface area contributed by atoms with Crippen molar-refractivity contribution in [2.24, 2.45) is 0 Å². The summed E-state index contributed by atoms with van der Waals surface area (Å²) in [6.07, 6.45) is -2.38. The van der Waals surface area contributed by atoms with Gasteiger partial charge in [-0.2, -0.15) is 8.78 Å². The molecular weight excluding hydrogens is 194 g/mol. The van der Waals surface area contributed by atoms with E-state index in [0.717, 1.165) is 0 Å². The predicted molar refractivity (Wildman–Crippen MR) is 35.0 cm³/mol. The van der Waals surface area contributed by atoms with Gasteiger partial charge in [-0.3, -0.25) is 0 Å². The molecule has 0 spiro atoms. The first-order chi connectivity index (χ1) is 4.12. The largest absolute Gasteiger partial charge is 0.365 e. The van der Waals surface area contributed by atoms with Crippen molar-refractivity contribution >= 4 is 15.9 Å². The first kappa shape index (κ1) is 9.30. The second-order valence-electron chi connectivity index (χ2n) is 1.62. The van der Waals surface area contributed by atoms with Crippen LogP contribution in [0.2, 0.25) is 0 Å². The average Bonchev–Trinajstić information content (AvgIpc) is 1.84. The highest BCUT2D eigenvalue weighted by Gasteiger charge is 2.27. The SMILES string of the molecule is CCCOC(F)(F)CBr. The van der Waals surface area contributed by atoms with Crippen molar-refractivity contribution in [3.63, 3.8) is 0 Å². The molecule has 0 aromatic rings. The van der Waals surface area contributed by atoms with Gasteiger partial charge < -0.3 is 4.74 Å². The number of ether oxygens (including phenoxy) is 1. The van der Waals surface area contributed by atoms with Crippen molar-refractivity contribution < 1.29 is 13.5 Å². The third kappa shape index (κ3) is 4.78. The fourth-order valence-corrected chi connectivity index (χ4v) is 0.452. The lowest BCUT2D eigenvalue weighted by atomic mass is 10.5. The van der Waals surface area contributed by atoms with Gasteiger partial charge in [0.2, 0.25) is 0 Å². The molecule has 0 aliphatic heterocycles. The van der Waals surface area contributed by atoms with Crippen LogP contribution in [0, 0.1) is 0 Å². The van der Waals surface area contributed by atoms with Gasteiger partial charge in [-0.1, -0.05) is 22.9 Å². The lowest BCUT2D eigenvalue weighted by Gasteiger charge is -2.12. The van der Waals surface area contributed by atoms with Gasteiger partial charge in [-0.05, 0) is 6.42 Å². The molecule has 0 unspecified atom stereocenters. The number of hydrogen-bond donors (Lipinski definition) is 0. The Hall–Kier alpha value is 0.300. The van der Waals surface area contributed by atoms with E-state index < -0.39 is 11.4 Å². The summed E-state index contributed by atoms with van der Waals surface area (Å²) in [7, 11) is 0. The van der Waals surface area contributed by atoms with Crippen LogP contribution in [-0.4, -0.2) is 18.0 Å². The lowest BCUT2D eigenvalue weighted by molar-refractivity contribution is -0.218. The maximum absolute atomic E-state index is 12.1. The molecule has 0 aromatic carbocycles. The summed E-state index contributed by atoms with van der Waals surface area (Å²) in [5.74, 6) is 0. The Morgan fingerprint density at radius 1 is 1.56 bits per heavy atom. The Morgan fingerprint density at radius 3 is 2.44 bits per heavy atom. The molecule has 0 radical (unpaired) electrons. The van der Waals surface area contributed by atoms with Gasteiger partial charge in [-0.25, -0.2) is 0 Å². The van der Waals surface area contributed by atoms with E-state index in [-0.39, 0.29) is 6.61 Å². The Labute approximate surface area is 61.5 Å². The Bertz CT molecular complexity index is 77.4. The van der Waals surface area contributed by atoms with Crippen LogP contribution in [0.1, 0.15) is 13.3 Å². The van der Waals surface area contributed by atoms with Crippen molar-refractivity contribution in [3.05, 3.63) is 0 Å². The van der Waals surface area contributed by atoms with E-state index in [4.69, 9.17) is 0 Å². The maximum Gasteiger partial charge on any atom is 0.365 e. The van der Waals surface area contributed by atoms with Crippen LogP contribution in [0.5, 0.6) is 0 Å². The van der Waals surface area contributed by atoms with Crippen molar-refractivity contribution in [2.45, 2.75) is 19.5 Å². The van der Waals surface area contributed by atoms with Gasteiger partial charge in [0.05, 0.1) is 11.9 Å². The Morgan fingerprint density at radius 2 is 2.11 bits per heavy atom. The second-order valence-corrected chi connectivity index (χ2v) is 2.18. The van der Waals surface area contributed by atoms with E-state index in [1.54, 1.807) is 6.92 Å². The summed E-state index contributed by atoms with van der Waals surface area (Å²) >= 11 is 2.63. The summed E-state index contributed by atoms with van der Waals surface area (Å²) < 4.78 is 28.3. The average molecular weight is 203 g/mol. The molecule has 0 fully saturated rings. The molecule has 0 N–H and O–H groups in total. The molecule has 0 amide bonds. The molecule has 1 nitrogen and oxygen atoms in total. The first-order valence-corrected chi connectivity index (χ1v) is 3.82. The van der Waals surface area contributed by atoms with Gasteiger partial charge >= 0.3 is 6.11 Å². The molecular formula is C5H9BrF2O. The highest BCUT2D eigenvalue weighted by Crippen LogP contribution is 2.17. The smallest absolute Gasteiger partial charge is 0.320 e. The topological polar surface area (TPSA) is 9.23 Å². The normalized spacial score (nSPS) is 12.0. The fourth-order valence-electron chi connectivity index (χ4n) is 0.290. The number of hydrogen-bond acceptors (Lipinski definition) is 1. The molecule has 0 bridgehead atoms. The van der Waals surface area contributed by atoms with Gasteiger partial charge in [0.15, 0.2) is 0 Å². The minimum atomic E-state index is -2.99. The van der Waals surface area contributed by atoms with Crippen molar-refractivity contribution in [2.75, 3.05) is 11.9 Å². The third-order valence-corrected chi connectivity index (χ3v) is 1.33. The standard InChI is InChI=1S/C5H9BrF2O/c1-2-3-9-5(7,8)4-6/h2-4H2,1H3. The molecule has 0 saturated heterocycles. The zero-order valence-corrected chi connectivity index (χ0v) is 6.75. The van der Waals surface area contributed by atoms with E-state index in [1.165, 1.54) is 0 Å². The highest BCUT2D eigenvalue weighted by molar-refractivity contribution is 9.09. The van der Waals surface area contributed by atoms with Gasteiger partial charge in [0.1, 0.15) is 0 Å². The summed E-state index contributed by atoms with van der Waals surface area (Å²) in [5.41, 5.74) is 0. The number of rotatable bonds is 4. The minimum Gasteiger partial charge on any atom is -0.320 e. The van der Waals surface area contributed by atoms with E-state index in [0.29, 0.717) is 6.42 Å². The van der Waals surface area contributed by atoms with E-state index in [1.807, 2.05) is 0 Å². The Balaban J connectivity index is 3.33. The zero-order chi connectivity index (χ0) is 7.33. The number of alkyl halides is 3. The van der Waals surface area contributed by atoms with Crippen LogP contribution in [0.25, 0.3) is 0 Å². The first-order valence-electron chi connectivity index (χ1n) is 2.70. The van der Waals surface area contributed by atoms with Crippen LogP contribution in [-0.2, 0) is 4.74 Å². The van der Waals surface area contributed by atoms with E-state index >= 15 is 0 Å². The number of halogens is 3. The van der Waals surface area contributed by atoms with Gasteiger partial charge in [-0.15, -0.1) is 0 Å². The lowest BCUT2D eigenvalue weighted by Crippen LogP contribution is -2.22. The van der Waals surface area contributed by atoms with Crippen molar-refractivity contribution in [1.29, 1.82) is 0 Å². The van der Waals surface area contributed by atoms with Crippen LogP contribution in [0.3, 0.4) is 0 Å². The summed E-state index contributed by atoms with van der Waals surface area (Å²) in [6.45, 7) is 1.89. The monoisotopic (exact) mass is 202 g/mol. The van der Waals surface area contributed by atoms with Gasteiger partial charge in [0, 0.05) is 0 Å². The molecule has 0 aliphatic carbocycles. The van der Waals surface area contributed by atoms with Crippen LogP contribution in [0.4, 0.5) is 8.78 Å². The van der Waals surface area contributed by atoms with Crippen LogP contribution in [0.15, 0.2) is 0 Å². The maximum atomic E-state index is 12.1. The molecule has 0 aromatic heterocycles. The fraction of sp³-hybridized carbons (Fsp3) is 1.00. The van der Waals surface area contributed by atoms with Crippen molar-refractivity contribution in [3.8, 4) is 0 Å². The summed E-state index contributed by atoms with van der Waals surface area (Å²) in [5, 5.41) is -0.431. The molecule has 0 saturated carbocycles. The van der Waals surface area contributed by atoms with Crippen LogP contribution >= 0.6 is 15.9 Å². The quantitative estimate of drug-likeness (QED) is 0.637. The second kappa shape index (κ2) is 4.17. The molecule has 0 aliphatic rings. The predicted octanol–water partition coefficient (Wildman–Crippen LogP) is 2.40. The molecule has 56 valence electrons. The molecule has 9 heavy (non-hydrogen) atoms. The molecule has 0 atom stereocenters. The highest BCUT2D eigenvalue weighted by atomic mass is 79.9. The van der Waals surface area contributed by atoms with Crippen LogP contribution < -0.4 is 0 Å². The van der Waals surface area contributed by atoms with E-state index in [9.17, 15) is 8.78 Å². The molecule has 0 heterocycles. The van der Waals surface area contributed by atoms with Crippen molar-refractivity contribution in [1.82, 2.24) is 0 Å². The van der Waals surface area contributed by atoms with Gasteiger partial charge in [0.25, 0.3) is 0 Å². The third-order valence-electron chi connectivity index (χ3n) is 0.673. The zero-order valence-electron chi connectivity index (χ0n) is 5.16. The summed E-state index contributed by atoms with van der Waals surface area (Å²) in [6, 6.07) is 0. The molecule has 4 heteroatoms. The Kier molecular flexibility index (Phi) is 4.31. The summed E-state index contributed by atoms with van der Waals surface area (Å²) in [4.78, 5) is 0. The minimum absolute atomic E-state index is 0.110.